The second-order valence-electron chi connectivity index (χ2n) is 5.00. The summed E-state index contributed by atoms with van der Waals surface area (Å²) in [6.07, 6.45) is 1.35. The van der Waals surface area contributed by atoms with Crippen LogP contribution in [0.1, 0.15) is 24.3 Å². The molecule has 1 amide bonds. The number of hydrogen-bond acceptors (Lipinski definition) is 4. The summed E-state index contributed by atoms with van der Waals surface area (Å²) in [5.41, 5.74) is 1.05. The maximum atomic E-state index is 12.0. The fraction of sp³-hybridized carbons (Fsp3) is 0.267. The van der Waals surface area contributed by atoms with Crippen molar-refractivity contribution < 1.29 is 4.79 Å². The first-order chi connectivity index (χ1) is 10.1. The lowest BCUT2D eigenvalue weighted by Gasteiger charge is -2.09. The monoisotopic (exact) mass is 304 g/mol. The molecule has 0 bridgehead atoms. The number of halogens is 1. The Kier molecular flexibility index (Phi) is 5.11. The molecule has 21 heavy (non-hydrogen) atoms. The Labute approximate surface area is 128 Å². The third kappa shape index (κ3) is 4.43. The van der Waals surface area contributed by atoms with Crippen molar-refractivity contribution in [1.82, 2.24) is 15.3 Å². The summed E-state index contributed by atoms with van der Waals surface area (Å²) in [7, 11) is 0. The first-order valence-electron chi connectivity index (χ1n) is 6.68. The molecular formula is C15H17ClN4O. The van der Waals surface area contributed by atoms with Gasteiger partial charge in [0.15, 0.2) is 0 Å². The minimum atomic E-state index is -0.215. The van der Waals surface area contributed by atoms with E-state index in [-0.39, 0.29) is 5.91 Å². The average Bonchev–Trinajstić information content (AvgIpc) is 2.47. The van der Waals surface area contributed by atoms with Gasteiger partial charge in [0.05, 0.1) is 10.7 Å². The van der Waals surface area contributed by atoms with Crippen LogP contribution in [0, 0.1) is 5.92 Å². The number of nitrogens with zero attached hydrogens (tertiary/aromatic N) is 2. The minimum Gasteiger partial charge on any atom is -0.350 e. The summed E-state index contributed by atoms with van der Waals surface area (Å²) in [6, 6.07) is 8.92. The van der Waals surface area contributed by atoms with Gasteiger partial charge in [-0.25, -0.2) is 9.97 Å². The van der Waals surface area contributed by atoms with Crippen LogP contribution in [-0.4, -0.2) is 22.4 Å². The van der Waals surface area contributed by atoms with Crippen LogP contribution in [0.3, 0.4) is 0 Å². The summed E-state index contributed by atoms with van der Waals surface area (Å²) in [5.74, 6) is 0.692. The molecule has 0 saturated heterocycles. The van der Waals surface area contributed by atoms with Crippen LogP contribution in [-0.2, 0) is 0 Å². The SMILES string of the molecule is CC(C)CNC(=O)c1cc(Nc2ccccc2Cl)ncn1. The van der Waals surface area contributed by atoms with Crippen molar-refractivity contribution in [2.45, 2.75) is 13.8 Å². The van der Waals surface area contributed by atoms with Gasteiger partial charge in [-0.05, 0) is 18.1 Å². The second kappa shape index (κ2) is 7.04. The smallest absolute Gasteiger partial charge is 0.270 e. The number of amides is 1. The number of benzene rings is 1. The highest BCUT2D eigenvalue weighted by Gasteiger charge is 2.09. The highest BCUT2D eigenvalue weighted by molar-refractivity contribution is 6.33. The Balaban J connectivity index is 2.11. The van der Waals surface area contributed by atoms with Crippen molar-refractivity contribution in [3.05, 3.63) is 47.4 Å². The number of para-hydroxylation sites is 1. The van der Waals surface area contributed by atoms with E-state index in [0.29, 0.717) is 29.0 Å². The van der Waals surface area contributed by atoms with Gasteiger partial charge in [-0.2, -0.15) is 0 Å². The standard InChI is InChI=1S/C15H17ClN4O/c1-10(2)8-17-15(21)13-7-14(19-9-18-13)20-12-6-4-3-5-11(12)16/h3-7,9-10H,8H2,1-2H3,(H,17,21)(H,18,19,20). The topological polar surface area (TPSA) is 66.9 Å². The van der Waals surface area contributed by atoms with Crippen LogP contribution in [0.25, 0.3) is 0 Å². The van der Waals surface area contributed by atoms with Gasteiger partial charge in [-0.1, -0.05) is 37.6 Å². The Bertz CT molecular complexity index is 631. The molecule has 1 aromatic heterocycles. The fourth-order valence-electron chi connectivity index (χ4n) is 1.64. The van der Waals surface area contributed by atoms with Crippen molar-refractivity contribution in [2.75, 3.05) is 11.9 Å². The van der Waals surface area contributed by atoms with Gasteiger partial charge in [0, 0.05) is 12.6 Å². The van der Waals surface area contributed by atoms with Gasteiger partial charge in [-0.3, -0.25) is 4.79 Å². The Morgan fingerprint density at radius 1 is 1.29 bits per heavy atom. The molecule has 0 unspecified atom stereocenters. The summed E-state index contributed by atoms with van der Waals surface area (Å²) >= 11 is 6.08. The predicted molar refractivity (Wildman–Crippen MR) is 83.9 cm³/mol. The molecule has 0 atom stereocenters. The third-order valence-electron chi connectivity index (χ3n) is 2.71. The summed E-state index contributed by atoms with van der Waals surface area (Å²) in [4.78, 5) is 20.0. The molecule has 0 saturated carbocycles. The molecule has 0 radical (unpaired) electrons. The van der Waals surface area contributed by atoms with Crippen molar-refractivity contribution in [2.24, 2.45) is 5.92 Å². The number of hydrogen-bond donors (Lipinski definition) is 2. The summed E-state index contributed by atoms with van der Waals surface area (Å²) < 4.78 is 0. The van der Waals surface area contributed by atoms with Crippen LogP contribution in [0.5, 0.6) is 0 Å². The first-order valence-corrected chi connectivity index (χ1v) is 7.06. The molecule has 6 heteroatoms. The maximum absolute atomic E-state index is 12.0. The molecule has 1 aromatic carbocycles. The molecule has 0 spiro atoms. The maximum Gasteiger partial charge on any atom is 0.270 e. The van der Waals surface area contributed by atoms with E-state index in [0.717, 1.165) is 5.69 Å². The number of carbonyl (C=O) groups is 1. The third-order valence-corrected chi connectivity index (χ3v) is 3.04. The van der Waals surface area contributed by atoms with Gasteiger partial charge in [0.1, 0.15) is 17.8 Å². The fourth-order valence-corrected chi connectivity index (χ4v) is 1.82. The van der Waals surface area contributed by atoms with Crippen LogP contribution >= 0.6 is 11.6 Å². The van der Waals surface area contributed by atoms with E-state index in [4.69, 9.17) is 11.6 Å². The lowest BCUT2D eigenvalue weighted by atomic mass is 10.2. The zero-order valence-corrected chi connectivity index (χ0v) is 12.7. The zero-order chi connectivity index (χ0) is 15.2. The van der Waals surface area contributed by atoms with E-state index >= 15 is 0 Å². The highest BCUT2D eigenvalue weighted by Crippen LogP contribution is 2.23. The van der Waals surface area contributed by atoms with Gasteiger partial charge in [-0.15, -0.1) is 0 Å². The molecule has 110 valence electrons. The molecular weight excluding hydrogens is 288 g/mol. The molecule has 2 aromatic rings. The molecule has 0 aliphatic carbocycles. The van der Waals surface area contributed by atoms with Crippen molar-refractivity contribution >= 4 is 29.0 Å². The molecule has 0 aliphatic heterocycles. The van der Waals surface area contributed by atoms with E-state index in [1.807, 2.05) is 32.0 Å². The van der Waals surface area contributed by atoms with Crippen LogP contribution < -0.4 is 10.6 Å². The Morgan fingerprint density at radius 3 is 2.76 bits per heavy atom. The minimum absolute atomic E-state index is 0.215. The summed E-state index contributed by atoms with van der Waals surface area (Å²) in [5, 5.41) is 6.47. The Hall–Kier alpha value is -2.14. The molecule has 5 nitrogen and oxygen atoms in total. The van der Waals surface area contributed by atoms with E-state index in [1.165, 1.54) is 6.33 Å². The van der Waals surface area contributed by atoms with Crippen molar-refractivity contribution in [3.8, 4) is 0 Å². The highest BCUT2D eigenvalue weighted by atomic mass is 35.5. The Morgan fingerprint density at radius 2 is 2.05 bits per heavy atom. The second-order valence-corrected chi connectivity index (χ2v) is 5.40. The zero-order valence-electron chi connectivity index (χ0n) is 11.9. The normalized spacial score (nSPS) is 10.5. The molecule has 2 rings (SSSR count). The quantitative estimate of drug-likeness (QED) is 0.890. The van der Waals surface area contributed by atoms with Gasteiger partial charge in [0.2, 0.25) is 0 Å². The van der Waals surface area contributed by atoms with Crippen molar-refractivity contribution in [3.63, 3.8) is 0 Å². The lowest BCUT2D eigenvalue weighted by molar-refractivity contribution is 0.0944. The largest absolute Gasteiger partial charge is 0.350 e. The summed E-state index contributed by atoms with van der Waals surface area (Å²) in [6.45, 7) is 4.67. The van der Waals surface area contributed by atoms with E-state index in [2.05, 4.69) is 20.6 Å². The van der Waals surface area contributed by atoms with Gasteiger partial charge >= 0.3 is 0 Å². The lowest BCUT2D eigenvalue weighted by Crippen LogP contribution is -2.28. The number of carbonyl (C=O) groups excluding carboxylic acids is 1. The van der Waals surface area contributed by atoms with Crippen LogP contribution in [0.15, 0.2) is 36.7 Å². The molecule has 1 heterocycles. The van der Waals surface area contributed by atoms with E-state index in [9.17, 15) is 4.79 Å². The first kappa shape index (κ1) is 15.3. The number of rotatable bonds is 5. The van der Waals surface area contributed by atoms with Crippen molar-refractivity contribution in [1.29, 1.82) is 0 Å². The number of aromatic nitrogens is 2. The predicted octanol–water partition coefficient (Wildman–Crippen LogP) is 3.26. The molecule has 0 fully saturated rings. The molecule has 2 N–H and O–H groups in total. The van der Waals surface area contributed by atoms with Crippen LogP contribution in [0.2, 0.25) is 5.02 Å². The number of anilines is 2. The molecule has 0 aliphatic rings. The van der Waals surface area contributed by atoms with Gasteiger partial charge < -0.3 is 10.6 Å². The van der Waals surface area contributed by atoms with Crippen LogP contribution in [0.4, 0.5) is 11.5 Å². The van der Waals surface area contributed by atoms with E-state index < -0.39 is 0 Å². The van der Waals surface area contributed by atoms with E-state index in [1.54, 1.807) is 12.1 Å². The number of nitrogens with one attached hydrogen (secondary N) is 2. The van der Waals surface area contributed by atoms with Gasteiger partial charge in [0.25, 0.3) is 5.91 Å². The average molecular weight is 305 g/mol.